The van der Waals surface area contributed by atoms with Gasteiger partial charge in [-0.3, -0.25) is 9.69 Å². The Labute approximate surface area is 156 Å². The fourth-order valence-electron chi connectivity index (χ4n) is 3.55. The highest BCUT2D eigenvalue weighted by Gasteiger charge is 2.60. The normalized spacial score (nSPS) is 16.5. The van der Waals surface area contributed by atoms with E-state index in [2.05, 4.69) is 9.97 Å². The molecule has 0 radical (unpaired) electrons. The molecule has 5 rings (SSSR count). The van der Waals surface area contributed by atoms with Gasteiger partial charge >= 0.3 is 0 Å². The fraction of sp³-hybridized carbons (Fsp3) is 0.190. The van der Waals surface area contributed by atoms with Gasteiger partial charge in [0.2, 0.25) is 5.91 Å². The summed E-state index contributed by atoms with van der Waals surface area (Å²) in [5.41, 5.74) is 1.10. The summed E-state index contributed by atoms with van der Waals surface area (Å²) in [7, 11) is 0. The molecule has 0 bridgehead atoms. The van der Waals surface area contributed by atoms with Crippen LogP contribution in [0.4, 0.5) is 11.5 Å². The second-order valence-corrected chi connectivity index (χ2v) is 6.81. The van der Waals surface area contributed by atoms with Gasteiger partial charge in [0.05, 0.1) is 11.1 Å². The van der Waals surface area contributed by atoms with Crippen molar-refractivity contribution in [1.82, 2.24) is 9.97 Å². The molecule has 134 valence electrons. The molecule has 2 aromatic carbocycles. The lowest BCUT2D eigenvalue weighted by molar-refractivity contribution is -0.119. The van der Waals surface area contributed by atoms with Gasteiger partial charge in [0, 0.05) is 11.8 Å². The monoisotopic (exact) mass is 359 g/mol. The summed E-state index contributed by atoms with van der Waals surface area (Å²) in [6, 6.07) is 16.9. The second kappa shape index (κ2) is 5.89. The number of fused-ring (bicyclic) bond motifs is 2. The van der Waals surface area contributed by atoms with Gasteiger partial charge in [0.15, 0.2) is 5.82 Å². The average molecular weight is 359 g/mol. The van der Waals surface area contributed by atoms with E-state index in [1.54, 1.807) is 11.1 Å². The average Bonchev–Trinajstić information content (AvgIpc) is 3.48. The standard InChI is InChI=1S/C21H17N3O3/c25-13-18-22-12-17-19(23-18)24(20(26)21(17)10-11-21)14-6-8-16(9-7-14)27-15-4-2-1-3-5-15/h1-9,12,25H,10-11,13H2. The number of ether oxygens (including phenoxy) is 1. The summed E-state index contributed by atoms with van der Waals surface area (Å²) < 4.78 is 5.82. The molecule has 2 heterocycles. The molecule has 1 amide bonds. The lowest BCUT2D eigenvalue weighted by Crippen LogP contribution is -2.28. The van der Waals surface area contributed by atoms with Crippen LogP contribution < -0.4 is 9.64 Å². The SMILES string of the molecule is O=C1N(c2ccc(Oc3ccccc3)cc2)c2nc(CO)ncc2C12CC2. The first-order valence-electron chi connectivity index (χ1n) is 8.86. The predicted octanol–water partition coefficient (Wildman–Crippen LogP) is 3.47. The molecule has 0 saturated heterocycles. The number of aliphatic hydroxyl groups excluding tert-OH is 1. The molecule has 1 saturated carbocycles. The van der Waals surface area contributed by atoms with Crippen LogP contribution in [0.15, 0.2) is 60.8 Å². The summed E-state index contributed by atoms with van der Waals surface area (Å²) in [6.45, 7) is -0.258. The lowest BCUT2D eigenvalue weighted by Gasteiger charge is -2.18. The van der Waals surface area contributed by atoms with Crippen molar-refractivity contribution in [3.05, 3.63) is 72.2 Å². The predicted molar refractivity (Wildman–Crippen MR) is 99.0 cm³/mol. The van der Waals surface area contributed by atoms with Crippen molar-refractivity contribution in [1.29, 1.82) is 0 Å². The summed E-state index contributed by atoms with van der Waals surface area (Å²) in [5, 5.41) is 9.37. The van der Waals surface area contributed by atoms with Crippen LogP contribution in [0, 0.1) is 0 Å². The van der Waals surface area contributed by atoms with Crippen LogP contribution in [-0.4, -0.2) is 21.0 Å². The Hall–Kier alpha value is -3.25. The Morgan fingerprint density at radius 2 is 1.74 bits per heavy atom. The van der Waals surface area contributed by atoms with E-state index in [4.69, 9.17) is 4.74 Å². The number of amides is 1. The number of aromatic nitrogens is 2. The van der Waals surface area contributed by atoms with E-state index in [0.29, 0.717) is 17.4 Å². The Morgan fingerprint density at radius 3 is 2.41 bits per heavy atom. The molecule has 27 heavy (non-hydrogen) atoms. The first kappa shape index (κ1) is 16.0. The third-order valence-electron chi connectivity index (χ3n) is 5.12. The molecule has 6 heteroatoms. The van der Waals surface area contributed by atoms with Crippen LogP contribution in [0.5, 0.6) is 11.5 Å². The number of anilines is 2. The zero-order chi connectivity index (χ0) is 18.4. The number of hydrogen-bond acceptors (Lipinski definition) is 5. The van der Waals surface area contributed by atoms with Crippen LogP contribution >= 0.6 is 0 Å². The van der Waals surface area contributed by atoms with Crippen LogP contribution in [0.2, 0.25) is 0 Å². The molecule has 3 aromatic rings. The lowest BCUT2D eigenvalue weighted by atomic mass is 10.0. The van der Waals surface area contributed by atoms with Crippen LogP contribution in [0.1, 0.15) is 24.2 Å². The Morgan fingerprint density at radius 1 is 1.04 bits per heavy atom. The van der Waals surface area contributed by atoms with Crippen LogP contribution in [-0.2, 0) is 16.8 Å². The van der Waals surface area contributed by atoms with Gasteiger partial charge in [-0.25, -0.2) is 9.97 Å². The number of para-hydroxylation sites is 1. The largest absolute Gasteiger partial charge is 0.457 e. The number of nitrogens with zero attached hydrogens (tertiary/aromatic N) is 3. The molecule has 6 nitrogen and oxygen atoms in total. The van der Waals surface area contributed by atoms with Crippen molar-refractivity contribution in [2.45, 2.75) is 24.9 Å². The molecule has 2 aliphatic rings. The van der Waals surface area contributed by atoms with Crippen LogP contribution in [0.3, 0.4) is 0 Å². The van der Waals surface area contributed by atoms with E-state index < -0.39 is 5.41 Å². The van der Waals surface area contributed by atoms with Gasteiger partial charge in [-0.15, -0.1) is 0 Å². The highest BCUT2D eigenvalue weighted by Crippen LogP contribution is 2.58. The van der Waals surface area contributed by atoms with Crippen molar-refractivity contribution < 1.29 is 14.6 Å². The highest BCUT2D eigenvalue weighted by molar-refractivity contribution is 6.13. The number of carbonyl (C=O) groups is 1. The van der Waals surface area contributed by atoms with Gasteiger partial charge in [-0.1, -0.05) is 18.2 Å². The first-order valence-corrected chi connectivity index (χ1v) is 8.86. The first-order chi connectivity index (χ1) is 13.2. The molecule has 1 N–H and O–H groups in total. The molecule has 0 unspecified atom stereocenters. The fourth-order valence-corrected chi connectivity index (χ4v) is 3.55. The van der Waals surface area contributed by atoms with Crippen molar-refractivity contribution >= 4 is 17.4 Å². The van der Waals surface area contributed by atoms with Gasteiger partial charge in [0.1, 0.15) is 23.9 Å². The maximum atomic E-state index is 13.1. The second-order valence-electron chi connectivity index (χ2n) is 6.81. The van der Waals surface area contributed by atoms with Crippen molar-refractivity contribution in [2.75, 3.05) is 4.90 Å². The number of benzene rings is 2. The van der Waals surface area contributed by atoms with E-state index in [0.717, 1.165) is 29.8 Å². The zero-order valence-electron chi connectivity index (χ0n) is 14.5. The Bertz CT molecular complexity index is 1010. The zero-order valence-corrected chi connectivity index (χ0v) is 14.5. The molecule has 0 atom stereocenters. The van der Waals surface area contributed by atoms with Crippen molar-refractivity contribution in [2.24, 2.45) is 0 Å². The van der Waals surface area contributed by atoms with Gasteiger partial charge in [-0.2, -0.15) is 0 Å². The summed E-state index contributed by atoms with van der Waals surface area (Å²) >= 11 is 0. The quantitative estimate of drug-likeness (QED) is 0.772. The van der Waals surface area contributed by atoms with E-state index in [1.807, 2.05) is 54.6 Å². The summed E-state index contributed by atoms with van der Waals surface area (Å²) in [5.74, 6) is 2.36. The van der Waals surface area contributed by atoms with Crippen LogP contribution in [0.25, 0.3) is 0 Å². The molecular formula is C21H17N3O3. The number of aliphatic hydroxyl groups is 1. The van der Waals surface area contributed by atoms with Gasteiger partial charge < -0.3 is 9.84 Å². The highest BCUT2D eigenvalue weighted by atomic mass is 16.5. The van der Waals surface area contributed by atoms with Crippen molar-refractivity contribution in [3.63, 3.8) is 0 Å². The van der Waals surface area contributed by atoms with Gasteiger partial charge in [-0.05, 0) is 49.2 Å². The number of hydrogen-bond donors (Lipinski definition) is 1. The molecule has 1 fully saturated rings. The number of rotatable bonds is 4. The minimum Gasteiger partial charge on any atom is -0.457 e. The minimum atomic E-state index is -0.484. The molecular weight excluding hydrogens is 342 g/mol. The summed E-state index contributed by atoms with van der Waals surface area (Å²) in [4.78, 5) is 23.3. The van der Waals surface area contributed by atoms with E-state index >= 15 is 0 Å². The Balaban J connectivity index is 1.49. The van der Waals surface area contributed by atoms with E-state index in [9.17, 15) is 9.90 Å². The van der Waals surface area contributed by atoms with E-state index in [1.165, 1.54) is 0 Å². The maximum Gasteiger partial charge on any atom is 0.243 e. The maximum absolute atomic E-state index is 13.1. The van der Waals surface area contributed by atoms with Crippen molar-refractivity contribution in [3.8, 4) is 11.5 Å². The summed E-state index contributed by atoms with van der Waals surface area (Å²) in [6.07, 6.45) is 3.31. The smallest absolute Gasteiger partial charge is 0.243 e. The van der Waals surface area contributed by atoms with E-state index in [-0.39, 0.29) is 12.5 Å². The van der Waals surface area contributed by atoms with Gasteiger partial charge in [0.25, 0.3) is 0 Å². The molecule has 1 aromatic heterocycles. The molecule has 1 spiro atoms. The Kier molecular flexibility index (Phi) is 3.48. The molecule has 1 aliphatic carbocycles. The minimum absolute atomic E-state index is 0.0265. The third-order valence-corrected chi connectivity index (χ3v) is 5.12. The third kappa shape index (κ3) is 2.49. The topological polar surface area (TPSA) is 75.6 Å². The molecule has 1 aliphatic heterocycles. The number of carbonyl (C=O) groups excluding carboxylic acids is 1.